The number of benzene rings is 6. The summed E-state index contributed by atoms with van der Waals surface area (Å²) in [6, 6.07) is 42.3. The summed E-state index contributed by atoms with van der Waals surface area (Å²) in [5, 5.41) is 9.03. The minimum Gasteiger partial charge on any atom is -0.261 e. The Morgan fingerprint density at radius 1 is 0.476 bits per heavy atom. The van der Waals surface area contributed by atoms with Crippen LogP contribution in [0.25, 0.3) is 71.0 Å². The molecule has 8 aromatic rings. The molecule has 0 radical (unpaired) electrons. The van der Waals surface area contributed by atoms with E-state index < -0.39 is 0 Å². The summed E-state index contributed by atoms with van der Waals surface area (Å²) >= 11 is 0. The average Bonchev–Trinajstić information content (AvgIpc) is 3.06. The van der Waals surface area contributed by atoms with Crippen molar-refractivity contribution in [2.75, 3.05) is 0 Å². The molecule has 196 valence electrons. The summed E-state index contributed by atoms with van der Waals surface area (Å²) in [6.07, 6.45) is 8.19. The first-order chi connectivity index (χ1) is 20.8. The second-order valence-electron chi connectivity index (χ2n) is 11.3. The van der Waals surface area contributed by atoms with Gasteiger partial charge in [0.15, 0.2) is 0 Å². The summed E-state index contributed by atoms with van der Waals surface area (Å²) < 4.78 is 0. The van der Waals surface area contributed by atoms with E-state index in [1.165, 1.54) is 77.0 Å². The van der Waals surface area contributed by atoms with E-state index >= 15 is 0 Å². The summed E-state index contributed by atoms with van der Waals surface area (Å²) in [4.78, 5) is 9.17. The van der Waals surface area contributed by atoms with Gasteiger partial charge in [0.2, 0.25) is 0 Å². The van der Waals surface area contributed by atoms with Crippen LogP contribution in [-0.4, -0.2) is 9.97 Å². The summed E-state index contributed by atoms with van der Waals surface area (Å²) in [6.45, 7) is 0. The van der Waals surface area contributed by atoms with E-state index in [0.717, 1.165) is 23.7 Å². The Bertz CT molecular complexity index is 2340. The molecule has 42 heavy (non-hydrogen) atoms. The van der Waals surface area contributed by atoms with Crippen LogP contribution in [0.2, 0.25) is 0 Å². The van der Waals surface area contributed by atoms with Gasteiger partial charge in [-0.15, -0.1) is 0 Å². The third-order valence-corrected chi connectivity index (χ3v) is 9.00. The fraction of sp³-hybridized carbons (Fsp3) is 0.0500. The van der Waals surface area contributed by atoms with E-state index in [0.29, 0.717) is 0 Å². The second-order valence-corrected chi connectivity index (χ2v) is 11.3. The SMILES string of the molecule is C1=C(c2ccc3ccc4c(-c5ccc(-c6ccc7ncccc7c6)cc5)ccc5ccc2c3c54)c2cccnc2CC1. The van der Waals surface area contributed by atoms with Crippen molar-refractivity contribution < 1.29 is 0 Å². The van der Waals surface area contributed by atoms with Crippen molar-refractivity contribution in [3.8, 4) is 22.3 Å². The van der Waals surface area contributed by atoms with Gasteiger partial charge in [-0.05, 0) is 103 Å². The number of pyridine rings is 2. The van der Waals surface area contributed by atoms with Gasteiger partial charge >= 0.3 is 0 Å². The summed E-state index contributed by atoms with van der Waals surface area (Å²) in [7, 11) is 0. The van der Waals surface area contributed by atoms with E-state index in [1.807, 2.05) is 18.5 Å². The Kier molecular flexibility index (Phi) is 5.06. The molecule has 2 heterocycles. The first kappa shape index (κ1) is 23.4. The van der Waals surface area contributed by atoms with Crippen molar-refractivity contribution >= 4 is 48.8 Å². The maximum atomic E-state index is 4.70. The molecular weight excluding hydrogens is 508 g/mol. The molecule has 0 fully saturated rings. The number of fused-ring (bicyclic) bond motifs is 2. The lowest BCUT2D eigenvalue weighted by Crippen LogP contribution is -2.03. The Morgan fingerprint density at radius 3 is 1.98 bits per heavy atom. The number of nitrogens with zero attached hydrogens (tertiary/aromatic N) is 2. The van der Waals surface area contributed by atoms with E-state index in [2.05, 4.69) is 120 Å². The largest absolute Gasteiger partial charge is 0.261 e. The minimum absolute atomic E-state index is 1.01. The van der Waals surface area contributed by atoms with Crippen LogP contribution in [0.1, 0.15) is 23.2 Å². The monoisotopic (exact) mass is 534 g/mol. The predicted molar refractivity (Wildman–Crippen MR) is 176 cm³/mol. The van der Waals surface area contributed by atoms with Crippen molar-refractivity contribution in [2.24, 2.45) is 0 Å². The van der Waals surface area contributed by atoms with E-state index in [1.54, 1.807) is 0 Å². The predicted octanol–water partition coefficient (Wildman–Crippen LogP) is 10.2. The standard InChI is InChI=1S/C40H26N2/c1-5-32(34-6-3-23-42-38(34)7-1)33-18-13-28-14-19-35-31(17-12-27-15-20-36(33)40(28)39(27)35)26-10-8-25(9-11-26)29-16-21-37-30(24-29)4-2-22-41-37/h2-6,8-24H,1,7H2. The molecular formula is C40H26N2. The van der Waals surface area contributed by atoms with E-state index in [4.69, 9.17) is 4.98 Å². The smallest absolute Gasteiger partial charge is 0.0702 e. The van der Waals surface area contributed by atoms with Crippen molar-refractivity contribution in [3.05, 3.63) is 151 Å². The van der Waals surface area contributed by atoms with Gasteiger partial charge in [-0.25, -0.2) is 0 Å². The fourth-order valence-electron chi connectivity index (χ4n) is 6.99. The van der Waals surface area contributed by atoms with Crippen LogP contribution in [0.4, 0.5) is 0 Å². The highest BCUT2D eigenvalue weighted by molar-refractivity contribution is 6.27. The summed E-state index contributed by atoms with van der Waals surface area (Å²) in [5.41, 5.74) is 11.0. The Morgan fingerprint density at radius 2 is 1.14 bits per heavy atom. The molecule has 2 nitrogen and oxygen atoms in total. The second kappa shape index (κ2) is 9.09. The van der Waals surface area contributed by atoms with Crippen LogP contribution < -0.4 is 0 Å². The zero-order chi connectivity index (χ0) is 27.6. The molecule has 0 saturated carbocycles. The maximum absolute atomic E-state index is 4.70. The van der Waals surface area contributed by atoms with Gasteiger partial charge in [0.1, 0.15) is 0 Å². The normalized spacial score (nSPS) is 13.2. The first-order valence-electron chi connectivity index (χ1n) is 14.6. The number of rotatable bonds is 3. The fourth-order valence-corrected chi connectivity index (χ4v) is 6.99. The minimum atomic E-state index is 1.01. The molecule has 1 aliphatic rings. The van der Waals surface area contributed by atoms with Crippen LogP contribution in [-0.2, 0) is 6.42 Å². The number of hydrogen-bond acceptors (Lipinski definition) is 2. The quantitative estimate of drug-likeness (QED) is 0.211. The highest BCUT2D eigenvalue weighted by atomic mass is 14.7. The molecule has 0 amide bonds. The molecule has 0 unspecified atom stereocenters. The van der Waals surface area contributed by atoms with E-state index in [9.17, 15) is 0 Å². The molecule has 9 rings (SSSR count). The molecule has 0 bridgehead atoms. The van der Waals surface area contributed by atoms with Crippen molar-refractivity contribution in [1.29, 1.82) is 0 Å². The molecule has 0 N–H and O–H groups in total. The Balaban J connectivity index is 1.19. The topological polar surface area (TPSA) is 25.8 Å². The van der Waals surface area contributed by atoms with Crippen molar-refractivity contribution in [3.63, 3.8) is 0 Å². The molecule has 0 saturated heterocycles. The van der Waals surface area contributed by atoms with E-state index in [-0.39, 0.29) is 0 Å². The van der Waals surface area contributed by atoms with Gasteiger partial charge in [-0.2, -0.15) is 0 Å². The van der Waals surface area contributed by atoms with Gasteiger partial charge in [0, 0.05) is 29.0 Å². The Hall–Kier alpha value is -5.34. The van der Waals surface area contributed by atoms with Gasteiger partial charge in [-0.1, -0.05) is 97.1 Å². The number of aromatic nitrogens is 2. The third-order valence-electron chi connectivity index (χ3n) is 9.00. The Labute approximate surface area is 244 Å². The number of aryl methyl sites for hydroxylation is 1. The third kappa shape index (κ3) is 3.52. The summed E-state index contributed by atoms with van der Waals surface area (Å²) in [5.74, 6) is 0. The van der Waals surface area contributed by atoms with Gasteiger partial charge in [0.05, 0.1) is 5.52 Å². The van der Waals surface area contributed by atoms with Crippen LogP contribution in [0.15, 0.2) is 134 Å². The average molecular weight is 535 g/mol. The number of hydrogen-bond donors (Lipinski definition) is 0. The van der Waals surface area contributed by atoms with Crippen LogP contribution in [0.3, 0.4) is 0 Å². The molecule has 2 aromatic heterocycles. The first-order valence-corrected chi connectivity index (χ1v) is 14.6. The molecule has 0 atom stereocenters. The molecule has 1 aliphatic carbocycles. The number of allylic oxidation sites excluding steroid dienone is 1. The molecule has 0 aliphatic heterocycles. The van der Waals surface area contributed by atoms with Gasteiger partial charge in [0.25, 0.3) is 0 Å². The van der Waals surface area contributed by atoms with Crippen molar-refractivity contribution in [2.45, 2.75) is 12.8 Å². The zero-order valence-electron chi connectivity index (χ0n) is 23.0. The molecule has 6 aromatic carbocycles. The highest BCUT2D eigenvalue weighted by Gasteiger charge is 2.19. The van der Waals surface area contributed by atoms with Gasteiger partial charge < -0.3 is 0 Å². The van der Waals surface area contributed by atoms with Crippen LogP contribution in [0, 0.1) is 0 Å². The van der Waals surface area contributed by atoms with Crippen LogP contribution in [0.5, 0.6) is 0 Å². The maximum Gasteiger partial charge on any atom is 0.0702 e. The van der Waals surface area contributed by atoms with Crippen LogP contribution >= 0.6 is 0 Å². The lowest BCUT2D eigenvalue weighted by molar-refractivity contribution is 0.921. The lowest BCUT2D eigenvalue weighted by Gasteiger charge is -2.21. The zero-order valence-corrected chi connectivity index (χ0v) is 23.0. The molecule has 0 spiro atoms. The highest BCUT2D eigenvalue weighted by Crippen LogP contribution is 2.43. The van der Waals surface area contributed by atoms with Gasteiger partial charge in [-0.3, -0.25) is 9.97 Å². The lowest BCUT2D eigenvalue weighted by atomic mass is 9.84. The van der Waals surface area contributed by atoms with Crippen molar-refractivity contribution in [1.82, 2.24) is 9.97 Å². The molecule has 2 heteroatoms.